The molecule has 1 saturated heterocycles. The van der Waals surface area contributed by atoms with Crippen molar-refractivity contribution in [1.82, 2.24) is 9.62 Å². The van der Waals surface area contributed by atoms with E-state index in [1.807, 2.05) is 0 Å². The molecule has 1 fully saturated rings. The van der Waals surface area contributed by atoms with Crippen molar-refractivity contribution in [3.63, 3.8) is 0 Å². The summed E-state index contributed by atoms with van der Waals surface area (Å²) in [5.41, 5.74) is 0.728. The van der Waals surface area contributed by atoms with E-state index in [4.69, 9.17) is 11.6 Å². The Labute approximate surface area is 126 Å². The van der Waals surface area contributed by atoms with Crippen molar-refractivity contribution >= 4 is 21.6 Å². The molecule has 0 saturated carbocycles. The van der Waals surface area contributed by atoms with Crippen LogP contribution in [-0.2, 0) is 10.0 Å². The molecule has 4 nitrogen and oxygen atoms in total. The number of hydrogen-bond acceptors (Lipinski definition) is 3. The minimum Gasteiger partial charge on any atom is -0.317 e. The van der Waals surface area contributed by atoms with Gasteiger partial charge in [0.1, 0.15) is 0 Å². The fourth-order valence-electron chi connectivity index (χ4n) is 2.55. The summed E-state index contributed by atoms with van der Waals surface area (Å²) in [4.78, 5) is 0.307. The molecule has 1 aromatic carbocycles. The third-order valence-electron chi connectivity index (χ3n) is 3.81. The largest absolute Gasteiger partial charge is 0.317 e. The minimum atomic E-state index is -3.46. The lowest BCUT2D eigenvalue weighted by atomic mass is 9.98. The van der Waals surface area contributed by atoms with Gasteiger partial charge in [-0.3, -0.25) is 0 Å². The Hall–Kier alpha value is -0.620. The van der Waals surface area contributed by atoms with Gasteiger partial charge in [0, 0.05) is 18.6 Å². The Morgan fingerprint density at radius 1 is 1.35 bits per heavy atom. The van der Waals surface area contributed by atoms with E-state index in [9.17, 15) is 8.42 Å². The number of nitrogens with one attached hydrogen (secondary N) is 1. The second kappa shape index (κ2) is 6.43. The van der Waals surface area contributed by atoms with E-state index in [-0.39, 0.29) is 0 Å². The number of benzene rings is 1. The lowest BCUT2D eigenvalue weighted by Gasteiger charge is -2.27. The smallest absolute Gasteiger partial charge is 0.243 e. The van der Waals surface area contributed by atoms with E-state index in [0.29, 0.717) is 22.4 Å². The van der Waals surface area contributed by atoms with E-state index in [0.717, 1.165) is 31.5 Å². The summed E-state index contributed by atoms with van der Waals surface area (Å²) in [5, 5.41) is 3.74. The van der Waals surface area contributed by atoms with Gasteiger partial charge in [-0.2, -0.15) is 0 Å². The van der Waals surface area contributed by atoms with Gasteiger partial charge in [-0.15, -0.1) is 0 Å². The highest BCUT2D eigenvalue weighted by molar-refractivity contribution is 7.89. The average molecular weight is 317 g/mol. The molecule has 2 rings (SSSR count). The molecule has 1 aliphatic heterocycles. The highest BCUT2D eigenvalue weighted by atomic mass is 35.5. The first kappa shape index (κ1) is 15.8. The number of rotatable bonds is 4. The van der Waals surface area contributed by atoms with Gasteiger partial charge in [0.15, 0.2) is 0 Å². The standard InChI is InChI=1S/C14H21ClN2O2S/c1-11-3-4-13(15)9-14(11)20(18,19)17(2)10-12-5-7-16-8-6-12/h3-4,9,12,16H,5-8,10H2,1-2H3. The Bertz CT molecular complexity index is 569. The van der Waals surface area contributed by atoms with Gasteiger partial charge in [-0.1, -0.05) is 17.7 Å². The van der Waals surface area contributed by atoms with Crippen molar-refractivity contribution in [3.05, 3.63) is 28.8 Å². The fraction of sp³-hybridized carbons (Fsp3) is 0.571. The first-order valence-corrected chi connectivity index (χ1v) is 8.66. The topological polar surface area (TPSA) is 49.4 Å². The summed E-state index contributed by atoms with van der Waals surface area (Å²) in [7, 11) is -1.81. The minimum absolute atomic E-state index is 0.307. The number of hydrogen-bond donors (Lipinski definition) is 1. The number of halogens is 1. The Kier molecular flexibility index (Phi) is 5.07. The van der Waals surface area contributed by atoms with E-state index in [1.54, 1.807) is 26.1 Å². The molecule has 6 heteroatoms. The molecule has 0 aromatic heterocycles. The summed E-state index contributed by atoms with van der Waals surface area (Å²) in [6.07, 6.45) is 2.04. The molecule has 0 atom stereocenters. The molecule has 0 spiro atoms. The number of nitrogens with zero attached hydrogens (tertiary/aromatic N) is 1. The zero-order valence-corrected chi connectivity index (χ0v) is 13.5. The van der Waals surface area contributed by atoms with Crippen LogP contribution in [0.2, 0.25) is 5.02 Å². The number of aryl methyl sites for hydroxylation is 1. The highest BCUT2D eigenvalue weighted by Crippen LogP contribution is 2.24. The van der Waals surface area contributed by atoms with Gasteiger partial charge in [0.25, 0.3) is 0 Å². The van der Waals surface area contributed by atoms with Crippen LogP contribution < -0.4 is 5.32 Å². The molecule has 0 aliphatic carbocycles. The SMILES string of the molecule is Cc1ccc(Cl)cc1S(=O)(=O)N(C)CC1CCNCC1. The third-order valence-corrected chi connectivity index (χ3v) is 6.01. The maximum Gasteiger partial charge on any atom is 0.243 e. The van der Waals surface area contributed by atoms with Gasteiger partial charge in [-0.25, -0.2) is 12.7 Å². The number of sulfonamides is 1. The molecule has 1 heterocycles. The van der Waals surface area contributed by atoms with Gasteiger partial charge in [0.2, 0.25) is 10.0 Å². The second-order valence-corrected chi connectivity index (χ2v) is 7.84. The Morgan fingerprint density at radius 3 is 2.65 bits per heavy atom. The molecular weight excluding hydrogens is 296 g/mol. The van der Waals surface area contributed by atoms with E-state index < -0.39 is 10.0 Å². The first-order valence-electron chi connectivity index (χ1n) is 6.84. The summed E-state index contributed by atoms with van der Waals surface area (Å²) < 4.78 is 26.7. The lowest BCUT2D eigenvalue weighted by Crippen LogP contribution is -2.37. The molecule has 0 radical (unpaired) electrons. The van der Waals surface area contributed by atoms with Crippen LogP contribution in [-0.4, -0.2) is 39.4 Å². The van der Waals surface area contributed by atoms with Crippen LogP contribution in [0.3, 0.4) is 0 Å². The highest BCUT2D eigenvalue weighted by Gasteiger charge is 2.26. The van der Waals surface area contributed by atoms with Crippen LogP contribution in [0.15, 0.2) is 23.1 Å². The zero-order valence-electron chi connectivity index (χ0n) is 11.9. The molecule has 1 N–H and O–H groups in total. The van der Waals surface area contributed by atoms with Crippen molar-refractivity contribution in [2.24, 2.45) is 5.92 Å². The first-order chi connectivity index (χ1) is 9.41. The van der Waals surface area contributed by atoms with Crippen molar-refractivity contribution < 1.29 is 8.42 Å². The quantitative estimate of drug-likeness (QED) is 0.927. The Balaban J connectivity index is 2.18. The summed E-state index contributed by atoms with van der Waals surface area (Å²) >= 11 is 5.93. The maximum absolute atomic E-state index is 12.6. The van der Waals surface area contributed by atoms with Gasteiger partial charge < -0.3 is 5.32 Å². The second-order valence-electron chi connectivity index (χ2n) is 5.39. The monoisotopic (exact) mass is 316 g/mol. The van der Waals surface area contributed by atoms with Crippen molar-refractivity contribution in [1.29, 1.82) is 0 Å². The molecule has 0 bridgehead atoms. The summed E-state index contributed by atoms with van der Waals surface area (Å²) in [6.45, 7) is 4.29. The van der Waals surface area contributed by atoms with Crippen LogP contribution in [0.5, 0.6) is 0 Å². The van der Waals surface area contributed by atoms with Crippen molar-refractivity contribution in [2.75, 3.05) is 26.7 Å². The van der Waals surface area contributed by atoms with E-state index in [1.165, 1.54) is 10.4 Å². The van der Waals surface area contributed by atoms with Crippen LogP contribution in [0, 0.1) is 12.8 Å². The van der Waals surface area contributed by atoms with Gasteiger partial charge in [-0.05, 0) is 56.5 Å². The van der Waals surface area contributed by atoms with E-state index >= 15 is 0 Å². The summed E-state index contributed by atoms with van der Waals surface area (Å²) in [6, 6.07) is 4.99. The average Bonchev–Trinajstić information content (AvgIpc) is 2.42. The van der Waals surface area contributed by atoms with Crippen LogP contribution in [0.4, 0.5) is 0 Å². The number of piperidine rings is 1. The van der Waals surface area contributed by atoms with Gasteiger partial charge in [0.05, 0.1) is 4.90 Å². The van der Waals surface area contributed by atoms with Gasteiger partial charge >= 0.3 is 0 Å². The summed E-state index contributed by atoms with van der Waals surface area (Å²) in [5.74, 6) is 0.426. The molecule has 0 amide bonds. The Morgan fingerprint density at radius 2 is 2.00 bits per heavy atom. The molecular formula is C14H21ClN2O2S. The molecule has 112 valence electrons. The predicted octanol–water partition coefficient (Wildman–Crippen LogP) is 2.27. The fourth-order valence-corrected chi connectivity index (χ4v) is 4.28. The van der Waals surface area contributed by atoms with Crippen LogP contribution in [0.1, 0.15) is 18.4 Å². The predicted molar refractivity (Wildman–Crippen MR) is 81.6 cm³/mol. The maximum atomic E-state index is 12.6. The van der Waals surface area contributed by atoms with Crippen molar-refractivity contribution in [3.8, 4) is 0 Å². The van der Waals surface area contributed by atoms with Crippen LogP contribution >= 0.6 is 11.6 Å². The molecule has 1 aliphatic rings. The zero-order chi connectivity index (χ0) is 14.8. The van der Waals surface area contributed by atoms with E-state index in [2.05, 4.69) is 5.32 Å². The molecule has 0 unspecified atom stereocenters. The molecule has 1 aromatic rings. The third kappa shape index (κ3) is 3.52. The molecule has 20 heavy (non-hydrogen) atoms. The normalized spacial score (nSPS) is 17.6. The van der Waals surface area contributed by atoms with Crippen molar-refractivity contribution in [2.45, 2.75) is 24.7 Å². The van der Waals surface area contributed by atoms with Crippen LogP contribution in [0.25, 0.3) is 0 Å². The lowest BCUT2D eigenvalue weighted by molar-refractivity contribution is 0.311.